The van der Waals surface area contributed by atoms with Crippen LogP contribution in [0.25, 0.3) is 0 Å². The third-order valence-electron chi connectivity index (χ3n) is 0. The fraction of sp³-hybridized carbons (Fsp3) is 1.00. The molecule has 0 aromatic heterocycles. The first-order valence-electron chi connectivity index (χ1n) is 0.847. The van der Waals surface area contributed by atoms with Crippen molar-refractivity contribution < 1.29 is 4.89 Å². The Morgan fingerprint density at radius 3 is 2.00 bits per heavy atom. The monoisotopic (exact) mass is 94.0 g/mol. The SMILES string of the molecule is CP(O)#P. The van der Waals surface area contributed by atoms with Gasteiger partial charge in [-0.05, 0) is 0 Å². The molecule has 1 atom stereocenters. The van der Waals surface area contributed by atoms with E-state index in [4.69, 9.17) is 4.89 Å². The summed E-state index contributed by atoms with van der Waals surface area (Å²) in [4.78, 5) is 7.98. The normalized spacial score (nSPS) is 10.8. The van der Waals surface area contributed by atoms with E-state index in [1.165, 1.54) is 0 Å². The van der Waals surface area contributed by atoms with Gasteiger partial charge in [0.1, 0.15) is 0 Å². The fourth-order valence-electron chi connectivity index (χ4n) is 0. The van der Waals surface area contributed by atoms with Crippen molar-refractivity contribution in [3.8, 4) is 0 Å². The first-order valence-corrected chi connectivity index (χ1v) is 3.74. The van der Waals surface area contributed by atoms with Crippen molar-refractivity contribution in [1.29, 1.82) is 0 Å². The van der Waals surface area contributed by atoms with E-state index in [9.17, 15) is 0 Å². The quantitative estimate of drug-likeness (QED) is 0.449. The summed E-state index contributed by atoms with van der Waals surface area (Å²) in [6.45, 7) is 1.65. The molecule has 0 radical (unpaired) electrons. The molecule has 1 unspecified atom stereocenters. The fourth-order valence-corrected chi connectivity index (χ4v) is 0. The molecule has 0 amide bonds. The van der Waals surface area contributed by atoms with Gasteiger partial charge in [0.05, 0.1) is 0 Å². The summed E-state index contributed by atoms with van der Waals surface area (Å²) in [5.74, 6) is 0. The summed E-state index contributed by atoms with van der Waals surface area (Å²) in [6.07, 6.45) is 0. The van der Waals surface area contributed by atoms with Gasteiger partial charge >= 0.3 is 27.2 Å². The number of rotatable bonds is 0. The summed E-state index contributed by atoms with van der Waals surface area (Å²) in [6, 6.07) is 0. The second-order valence-electron chi connectivity index (χ2n) is 0.489. The molecule has 0 aromatic rings. The van der Waals surface area contributed by atoms with Gasteiger partial charge in [0.2, 0.25) is 0 Å². The van der Waals surface area contributed by atoms with E-state index >= 15 is 0 Å². The van der Waals surface area contributed by atoms with Gasteiger partial charge in [0.15, 0.2) is 0 Å². The zero-order valence-corrected chi connectivity index (χ0v) is 4.13. The van der Waals surface area contributed by atoms with E-state index in [-0.39, 0.29) is 0 Å². The first kappa shape index (κ1) is 4.69. The molecule has 0 fully saturated rings. The van der Waals surface area contributed by atoms with Crippen LogP contribution in [0.5, 0.6) is 0 Å². The van der Waals surface area contributed by atoms with Gasteiger partial charge in [-0.15, -0.1) is 0 Å². The molecule has 0 saturated carbocycles. The Balaban J connectivity index is 3.02. The second kappa shape index (κ2) is 1.96. The van der Waals surface area contributed by atoms with Crippen LogP contribution >= 0.6 is 15.6 Å². The molecular weight excluding hydrogens is 90.0 g/mol. The van der Waals surface area contributed by atoms with Gasteiger partial charge in [-0.25, -0.2) is 0 Å². The minimum absolute atomic E-state index is 0.926. The first-order chi connectivity index (χ1) is 1.73. The van der Waals surface area contributed by atoms with E-state index in [2.05, 4.69) is 8.34 Å². The topological polar surface area (TPSA) is 20.2 Å². The maximum absolute atomic E-state index is 7.98. The van der Waals surface area contributed by atoms with E-state index < -0.39 is 7.25 Å². The predicted molar refractivity (Wildman–Crippen MR) is 22.0 cm³/mol. The van der Waals surface area contributed by atoms with E-state index in [1.807, 2.05) is 0 Å². The average Bonchev–Trinajstić information content (AvgIpc) is 0.811. The molecule has 1 N–H and O–H groups in total. The molecule has 0 bridgehead atoms. The summed E-state index contributed by atoms with van der Waals surface area (Å²) >= 11 is 0. The standard InChI is InChI=1S/CH4OP2/c1-4(2)3/h2H,1H3. The van der Waals surface area contributed by atoms with E-state index in [0.29, 0.717) is 0 Å². The average molecular weight is 94.0 g/mol. The van der Waals surface area contributed by atoms with Crippen molar-refractivity contribution in [2.24, 2.45) is 0 Å². The van der Waals surface area contributed by atoms with Crippen LogP contribution in [-0.4, -0.2) is 11.6 Å². The molecular formula is CH4OP2. The van der Waals surface area contributed by atoms with Crippen LogP contribution in [0.2, 0.25) is 0 Å². The van der Waals surface area contributed by atoms with Gasteiger partial charge in [-0.1, -0.05) is 0 Å². The molecule has 1 nitrogen and oxygen atoms in total. The molecule has 0 aliphatic rings. The molecule has 0 aliphatic heterocycles. The molecule has 0 saturated heterocycles. The third kappa shape index (κ3) is 16.1. The van der Waals surface area contributed by atoms with Gasteiger partial charge in [0, 0.05) is 0 Å². The molecule has 3 heteroatoms. The third-order valence-corrected chi connectivity index (χ3v) is 0. The van der Waals surface area contributed by atoms with Gasteiger partial charge in [-0.2, -0.15) is 0 Å². The van der Waals surface area contributed by atoms with Gasteiger partial charge < -0.3 is 0 Å². The second-order valence-corrected chi connectivity index (χ2v) is 3.20. The van der Waals surface area contributed by atoms with Crippen molar-refractivity contribution in [2.45, 2.75) is 0 Å². The molecule has 0 rings (SSSR count). The van der Waals surface area contributed by atoms with Crippen molar-refractivity contribution in [3.05, 3.63) is 0 Å². The van der Waals surface area contributed by atoms with E-state index in [1.54, 1.807) is 6.66 Å². The Morgan fingerprint density at radius 2 is 2.00 bits per heavy atom. The zero-order valence-electron chi connectivity index (χ0n) is 2.34. The molecule has 0 aromatic carbocycles. The van der Waals surface area contributed by atoms with Gasteiger partial charge in [0.25, 0.3) is 0 Å². The number of hydrogen-bond acceptors (Lipinski definition) is 1. The van der Waals surface area contributed by atoms with Crippen LogP contribution in [0.3, 0.4) is 0 Å². The Hall–Kier alpha value is 0.690. The van der Waals surface area contributed by atoms with Crippen molar-refractivity contribution in [1.82, 2.24) is 0 Å². The van der Waals surface area contributed by atoms with Crippen molar-refractivity contribution in [3.63, 3.8) is 0 Å². The molecule has 0 spiro atoms. The van der Waals surface area contributed by atoms with Crippen LogP contribution in [0.15, 0.2) is 0 Å². The molecule has 24 valence electrons. The van der Waals surface area contributed by atoms with Crippen LogP contribution in [0.4, 0.5) is 0 Å². The van der Waals surface area contributed by atoms with Crippen molar-refractivity contribution in [2.75, 3.05) is 6.66 Å². The Labute approximate surface area is 28.2 Å². The molecule has 0 heterocycles. The van der Waals surface area contributed by atoms with Gasteiger partial charge in [-0.3, -0.25) is 0 Å². The predicted octanol–water partition coefficient (Wildman–Crippen LogP) is 1.33. The molecule has 0 aliphatic carbocycles. The molecule has 4 heavy (non-hydrogen) atoms. The van der Waals surface area contributed by atoms with Crippen LogP contribution in [0.1, 0.15) is 0 Å². The number of hydrogen-bond donors (Lipinski definition) is 1. The van der Waals surface area contributed by atoms with E-state index in [0.717, 1.165) is 0 Å². The van der Waals surface area contributed by atoms with Crippen LogP contribution in [-0.2, 0) is 0 Å². The Morgan fingerprint density at radius 1 is 2.00 bits per heavy atom. The Bertz CT molecular complexity index is 52.2. The van der Waals surface area contributed by atoms with Crippen molar-refractivity contribution >= 4 is 15.6 Å². The summed E-state index contributed by atoms with van der Waals surface area (Å²) in [7, 11) is 2.66. The zero-order chi connectivity index (χ0) is 3.58. The summed E-state index contributed by atoms with van der Waals surface area (Å²) in [5, 5.41) is 0. The summed E-state index contributed by atoms with van der Waals surface area (Å²) in [5.41, 5.74) is 0. The maximum atomic E-state index is 7.98. The Kier molecular flexibility index (Phi) is 2.30. The van der Waals surface area contributed by atoms with Crippen LogP contribution in [0, 0.1) is 0 Å². The van der Waals surface area contributed by atoms with Crippen LogP contribution < -0.4 is 0 Å². The summed E-state index contributed by atoms with van der Waals surface area (Å²) < 4.78 is 0. The minimum atomic E-state index is -0.926.